The predicted molar refractivity (Wildman–Crippen MR) is 117 cm³/mol. The van der Waals surface area contributed by atoms with Gasteiger partial charge >= 0.3 is 6.03 Å². The van der Waals surface area contributed by atoms with E-state index in [1.165, 1.54) is 11.1 Å². The normalized spacial score (nSPS) is 18.0. The lowest BCUT2D eigenvalue weighted by molar-refractivity contribution is 0.123. The van der Waals surface area contributed by atoms with Gasteiger partial charge in [-0.15, -0.1) is 0 Å². The van der Waals surface area contributed by atoms with Gasteiger partial charge in [0.25, 0.3) is 0 Å². The van der Waals surface area contributed by atoms with E-state index in [4.69, 9.17) is 4.74 Å². The largest absolute Gasteiger partial charge is 0.378 e. The van der Waals surface area contributed by atoms with Crippen LogP contribution in [0, 0.1) is 6.92 Å². The summed E-state index contributed by atoms with van der Waals surface area (Å²) in [5.74, 6) is 0. The summed E-state index contributed by atoms with van der Waals surface area (Å²) in [4.78, 5) is 19.5. The van der Waals surface area contributed by atoms with E-state index in [2.05, 4.69) is 52.4 Å². The summed E-state index contributed by atoms with van der Waals surface area (Å²) < 4.78 is 5.46. The Morgan fingerprint density at radius 2 is 1.62 bits per heavy atom. The number of carbonyl (C=O) groups is 1. The molecule has 2 saturated heterocycles. The van der Waals surface area contributed by atoms with Crippen molar-refractivity contribution in [3.63, 3.8) is 0 Å². The second-order valence-corrected chi connectivity index (χ2v) is 7.74. The molecule has 0 radical (unpaired) electrons. The first-order valence-corrected chi connectivity index (χ1v) is 10.5. The average molecular weight is 395 g/mol. The van der Waals surface area contributed by atoms with E-state index in [-0.39, 0.29) is 6.03 Å². The third-order valence-electron chi connectivity index (χ3n) is 5.81. The molecule has 0 aromatic heterocycles. The number of hydrogen-bond acceptors (Lipinski definition) is 4. The molecule has 2 aliphatic heterocycles. The molecule has 154 valence electrons. The lowest BCUT2D eigenvalue weighted by atomic mass is 10.1. The van der Waals surface area contributed by atoms with Gasteiger partial charge in [-0.05, 0) is 30.2 Å². The zero-order valence-corrected chi connectivity index (χ0v) is 17.1. The number of rotatable bonds is 4. The molecular weight excluding hydrogens is 364 g/mol. The molecule has 2 aromatic rings. The maximum atomic E-state index is 12.9. The first-order chi connectivity index (χ1) is 14.2. The molecule has 1 N–H and O–H groups in total. The highest BCUT2D eigenvalue weighted by Gasteiger charge is 2.23. The van der Waals surface area contributed by atoms with Crippen LogP contribution in [0.5, 0.6) is 0 Å². The van der Waals surface area contributed by atoms with Gasteiger partial charge in [0.1, 0.15) is 0 Å². The molecule has 29 heavy (non-hydrogen) atoms. The van der Waals surface area contributed by atoms with Crippen molar-refractivity contribution in [1.82, 2.24) is 9.80 Å². The van der Waals surface area contributed by atoms with Gasteiger partial charge in [-0.1, -0.05) is 36.4 Å². The van der Waals surface area contributed by atoms with E-state index in [1.807, 2.05) is 23.1 Å². The number of piperazine rings is 1. The maximum Gasteiger partial charge on any atom is 0.321 e. The molecule has 2 aromatic carbocycles. The van der Waals surface area contributed by atoms with Gasteiger partial charge in [-0.2, -0.15) is 0 Å². The molecule has 4 rings (SSSR count). The highest BCUT2D eigenvalue weighted by atomic mass is 16.5. The molecule has 6 nitrogen and oxygen atoms in total. The van der Waals surface area contributed by atoms with Crippen LogP contribution in [0.3, 0.4) is 0 Å². The van der Waals surface area contributed by atoms with Crippen molar-refractivity contribution >= 4 is 17.4 Å². The fourth-order valence-corrected chi connectivity index (χ4v) is 3.99. The smallest absolute Gasteiger partial charge is 0.321 e. The molecule has 0 saturated carbocycles. The molecule has 0 bridgehead atoms. The highest BCUT2D eigenvalue weighted by molar-refractivity contribution is 5.93. The fourth-order valence-electron chi connectivity index (χ4n) is 3.99. The average Bonchev–Trinajstić information content (AvgIpc) is 2.77. The van der Waals surface area contributed by atoms with Crippen molar-refractivity contribution in [2.24, 2.45) is 0 Å². The van der Waals surface area contributed by atoms with Gasteiger partial charge in [0.2, 0.25) is 0 Å². The van der Waals surface area contributed by atoms with Gasteiger partial charge in [-0.3, -0.25) is 4.90 Å². The number of nitrogens with one attached hydrogen (secondary N) is 1. The molecule has 6 heteroatoms. The van der Waals surface area contributed by atoms with Crippen molar-refractivity contribution in [1.29, 1.82) is 0 Å². The van der Waals surface area contributed by atoms with Crippen LogP contribution in [0.4, 0.5) is 16.2 Å². The predicted octanol–water partition coefficient (Wildman–Crippen LogP) is 3.18. The SMILES string of the molecule is Cc1ccccc1CN1CCN(C(=O)Nc2ccccc2N2CCOCC2)CC1. The number of carbonyl (C=O) groups excluding carboxylic acids is 1. The zero-order chi connectivity index (χ0) is 20.1. The molecule has 2 amide bonds. The van der Waals surface area contributed by atoms with Crippen LogP contribution >= 0.6 is 0 Å². The van der Waals surface area contributed by atoms with Crippen LogP contribution in [0.15, 0.2) is 48.5 Å². The molecular formula is C23H30N4O2. The quantitative estimate of drug-likeness (QED) is 0.865. The van der Waals surface area contributed by atoms with Gasteiger partial charge < -0.3 is 19.9 Å². The second kappa shape index (κ2) is 9.29. The molecule has 0 atom stereocenters. The highest BCUT2D eigenvalue weighted by Crippen LogP contribution is 2.26. The topological polar surface area (TPSA) is 48.0 Å². The van der Waals surface area contributed by atoms with Crippen LogP contribution < -0.4 is 10.2 Å². The van der Waals surface area contributed by atoms with Gasteiger partial charge in [-0.25, -0.2) is 4.79 Å². The number of para-hydroxylation sites is 2. The Kier molecular flexibility index (Phi) is 6.32. The molecule has 2 aliphatic rings. The monoisotopic (exact) mass is 394 g/mol. The minimum Gasteiger partial charge on any atom is -0.378 e. The summed E-state index contributed by atoms with van der Waals surface area (Å²) in [6.45, 7) is 9.55. The Bertz CT molecular complexity index is 827. The summed E-state index contributed by atoms with van der Waals surface area (Å²) in [6.07, 6.45) is 0. The van der Waals surface area contributed by atoms with E-state index in [1.54, 1.807) is 0 Å². The van der Waals surface area contributed by atoms with Crippen LogP contribution in [0.25, 0.3) is 0 Å². The van der Waals surface area contributed by atoms with Gasteiger partial charge in [0.05, 0.1) is 24.6 Å². The number of hydrogen-bond donors (Lipinski definition) is 1. The minimum absolute atomic E-state index is 0.0127. The van der Waals surface area contributed by atoms with E-state index in [0.29, 0.717) is 0 Å². The summed E-state index contributed by atoms with van der Waals surface area (Å²) in [5, 5.41) is 3.14. The van der Waals surface area contributed by atoms with Crippen molar-refractivity contribution < 1.29 is 9.53 Å². The Morgan fingerprint density at radius 1 is 0.931 bits per heavy atom. The van der Waals surface area contributed by atoms with E-state index in [9.17, 15) is 4.79 Å². The molecule has 0 aliphatic carbocycles. The summed E-state index contributed by atoms with van der Waals surface area (Å²) in [5.41, 5.74) is 4.64. The maximum absolute atomic E-state index is 12.9. The number of morpholine rings is 1. The first-order valence-electron chi connectivity index (χ1n) is 10.5. The summed E-state index contributed by atoms with van der Waals surface area (Å²) in [6, 6.07) is 16.6. The second-order valence-electron chi connectivity index (χ2n) is 7.74. The first kappa shape index (κ1) is 19.7. The number of benzene rings is 2. The molecule has 0 unspecified atom stereocenters. The number of anilines is 2. The zero-order valence-electron chi connectivity index (χ0n) is 17.1. The standard InChI is InChI=1S/C23H30N4O2/c1-19-6-2-3-7-20(19)18-25-10-12-27(13-11-25)23(28)24-21-8-4-5-9-22(21)26-14-16-29-17-15-26/h2-9H,10-18H2,1H3,(H,24,28). The van der Waals surface area contributed by atoms with Crippen molar-refractivity contribution in [2.75, 3.05) is 62.7 Å². The number of urea groups is 1. The lowest BCUT2D eigenvalue weighted by Crippen LogP contribution is -2.49. The van der Waals surface area contributed by atoms with Gasteiger partial charge in [0, 0.05) is 45.8 Å². The Hall–Kier alpha value is -2.57. The summed E-state index contributed by atoms with van der Waals surface area (Å²) in [7, 11) is 0. The van der Waals surface area contributed by atoms with Crippen LogP contribution in [0.1, 0.15) is 11.1 Å². The van der Waals surface area contributed by atoms with Crippen molar-refractivity contribution in [3.05, 3.63) is 59.7 Å². The van der Waals surface area contributed by atoms with E-state index >= 15 is 0 Å². The Morgan fingerprint density at radius 3 is 2.38 bits per heavy atom. The van der Waals surface area contributed by atoms with Crippen LogP contribution in [-0.2, 0) is 11.3 Å². The minimum atomic E-state index is -0.0127. The van der Waals surface area contributed by atoms with Gasteiger partial charge in [0.15, 0.2) is 0 Å². The number of nitrogens with zero attached hydrogens (tertiary/aromatic N) is 3. The molecule has 2 fully saturated rings. The Labute approximate surface area is 173 Å². The lowest BCUT2D eigenvalue weighted by Gasteiger charge is -2.35. The third-order valence-corrected chi connectivity index (χ3v) is 5.81. The van der Waals surface area contributed by atoms with Crippen molar-refractivity contribution in [3.8, 4) is 0 Å². The number of aryl methyl sites for hydroxylation is 1. The van der Waals surface area contributed by atoms with Crippen LogP contribution in [0.2, 0.25) is 0 Å². The van der Waals surface area contributed by atoms with E-state index < -0.39 is 0 Å². The molecule has 0 spiro atoms. The van der Waals surface area contributed by atoms with Crippen molar-refractivity contribution in [2.45, 2.75) is 13.5 Å². The van der Waals surface area contributed by atoms with Crippen LogP contribution in [-0.4, -0.2) is 68.3 Å². The number of ether oxygens (including phenoxy) is 1. The third kappa shape index (κ3) is 4.89. The number of amides is 2. The Balaban J connectivity index is 1.33. The fraction of sp³-hybridized carbons (Fsp3) is 0.435. The molecule has 2 heterocycles. The van der Waals surface area contributed by atoms with E-state index in [0.717, 1.165) is 70.4 Å². The summed E-state index contributed by atoms with van der Waals surface area (Å²) >= 11 is 0.